The van der Waals surface area contributed by atoms with Crippen LogP contribution in [0.1, 0.15) is 74.1 Å². The first-order chi connectivity index (χ1) is 32.2. The Morgan fingerprint density at radius 2 is 0.754 bits per heavy atom. The van der Waals surface area contributed by atoms with E-state index in [9.17, 15) is 38.4 Å². The van der Waals surface area contributed by atoms with Gasteiger partial charge in [-0.2, -0.15) is 0 Å². The number of rotatable bonds is 42. The lowest BCUT2D eigenvalue weighted by Crippen LogP contribution is -2.31. The molecule has 0 saturated heterocycles. The number of amides is 2. The minimum Gasteiger partial charge on any atom is -0.480 e. The molecule has 0 saturated carbocycles. The summed E-state index contributed by atoms with van der Waals surface area (Å²) >= 11 is 2.07. The molecule has 2 amide bonds. The summed E-state index contributed by atoms with van der Waals surface area (Å²) in [4.78, 5) is 90.3. The van der Waals surface area contributed by atoms with Crippen LogP contribution in [-0.2, 0) is 95.2 Å². The lowest BCUT2D eigenvalue weighted by Gasteiger charge is -2.19. The van der Waals surface area contributed by atoms with Gasteiger partial charge in [0.15, 0.2) is 17.3 Å². The number of carboxylic acid groups (broad SMARTS) is 1. The van der Waals surface area contributed by atoms with Crippen LogP contribution in [0, 0.1) is 0 Å². The average Bonchev–Trinajstić information content (AvgIpc) is 3.24. The van der Waals surface area contributed by atoms with E-state index in [1.54, 1.807) is 41.5 Å². The van der Waals surface area contributed by atoms with Crippen LogP contribution in [-0.4, -0.2) is 209 Å². The van der Waals surface area contributed by atoms with E-state index in [0.29, 0.717) is 65.6 Å². The molecule has 0 aromatic rings. The van der Waals surface area contributed by atoms with Crippen LogP contribution in [0.15, 0.2) is 0 Å². The van der Waals surface area contributed by atoms with Crippen LogP contribution in [0.5, 0.6) is 0 Å². The van der Waals surface area contributed by atoms with Crippen molar-refractivity contribution in [1.29, 1.82) is 0 Å². The molecule has 0 aromatic carbocycles. The Hall–Kier alpha value is -2.95. The van der Waals surface area contributed by atoms with E-state index in [1.165, 1.54) is 6.92 Å². The van der Waals surface area contributed by atoms with Gasteiger partial charge in [-0.25, -0.2) is 14.4 Å². The fourth-order valence-corrected chi connectivity index (χ4v) is 4.34. The SMILES string of the molecule is CC(=O)COCCOCCNC(=O)COCCOCCCC(=O)COCC(=O)OC(C)(C)C.CC(C)(C)OC(=O)COCC(=O)CCCOCCOCC(=O)NCCOCCOCC(=O)O.F.PI. The molecule has 0 aliphatic heterocycles. The van der Waals surface area contributed by atoms with Gasteiger partial charge in [0.1, 0.15) is 64.1 Å². The second-order valence-corrected chi connectivity index (χ2v) is 15.9. The number of hydrogen-bond acceptors (Lipinski definition) is 20. The second-order valence-electron chi connectivity index (χ2n) is 15.9. The molecule has 1 unspecified atom stereocenters. The summed E-state index contributed by atoms with van der Waals surface area (Å²) in [5, 5.41) is 13.6. The Labute approximate surface area is 420 Å². The Balaban J connectivity index is -0.000000583. The molecule has 0 aliphatic carbocycles. The van der Waals surface area contributed by atoms with Crippen molar-refractivity contribution < 1.29 is 105 Å². The molecule has 1 atom stereocenters. The topological polar surface area (TPSA) is 292 Å². The normalized spacial score (nSPS) is 10.9. The monoisotopic (exact) mass is 1140 g/mol. The zero-order valence-corrected chi connectivity index (χ0v) is 44.7. The molecule has 0 rings (SSSR count). The van der Waals surface area contributed by atoms with Gasteiger partial charge in [-0.05, 0) is 61.3 Å². The summed E-state index contributed by atoms with van der Waals surface area (Å²) in [6.45, 7) is 17.2. The standard InChI is InChI=1S/C22H39NO10.C21H37NO11.FH.H2IP/c1-18(24)14-30-12-11-29-9-7-23-20(26)16-31-13-10-28-8-5-6-19(25)15-32-17-21(27)33-22(2,3)4;1-21(2,3)33-20(27)16-32-13-17(23)5-4-7-28-9-11-30-14-18(24)22-6-8-29-10-12-31-15-19(25)26;;1-2/h5-17H2,1-4H3,(H,23,26);4-16H2,1-3H3,(H,22,24)(H,25,26);1H;2H2. The number of halogens is 2. The molecule has 0 fully saturated rings. The molecule has 0 bridgehead atoms. The van der Waals surface area contributed by atoms with Crippen LogP contribution >= 0.6 is 28.9 Å². The Bertz CT molecular complexity index is 1270. The maximum Gasteiger partial charge on any atom is 0.332 e. The second kappa shape index (κ2) is 50.0. The fourth-order valence-electron chi connectivity index (χ4n) is 4.34. The number of ketones is 3. The fraction of sp³-hybridized carbons (Fsp3) is 0.814. The molecule has 23 nitrogen and oxygen atoms in total. The third-order valence-corrected chi connectivity index (χ3v) is 6.92. The molecule has 0 heterocycles. The minimum atomic E-state index is -1.04. The van der Waals surface area contributed by atoms with Gasteiger partial charge in [0.25, 0.3) is 0 Å². The van der Waals surface area contributed by atoms with Crippen LogP contribution in [0.3, 0.4) is 0 Å². The third kappa shape index (κ3) is 65.0. The van der Waals surface area contributed by atoms with E-state index < -0.39 is 29.1 Å². The highest BCUT2D eigenvalue weighted by Gasteiger charge is 2.18. The average molecular weight is 1140 g/mol. The van der Waals surface area contributed by atoms with Crippen LogP contribution in [0.25, 0.3) is 0 Å². The highest BCUT2D eigenvalue weighted by atomic mass is 127. The molecular weight excluding hydrogens is 1060 g/mol. The number of hydrogen-bond donors (Lipinski definition) is 3. The van der Waals surface area contributed by atoms with E-state index >= 15 is 0 Å². The summed E-state index contributed by atoms with van der Waals surface area (Å²) in [6.07, 6.45) is 1.58. The molecule has 406 valence electrons. The van der Waals surface area contributed by atoms with Gasteiger partial charge in [-0.3, -0.25) is 28.7 Å². The van der Waals surface area contributed by atoms with Crippen molar-refractivity contribution in [3.8, 4) is 0 Å². The van der Waals surface area contributed by atoms with Gasteiger partial charge in [0.05, 0.1) is 66.1 Å². The van der Waals surface area contributed by atoms with Crippen LogP contribution in [0.4, 0.5) is 4.70 Å². The number of Topliss-reactive ketones (excluding diaryl/α,β-unsaturated/α-hetero) is 3. The number of carbonyl (C=O) groups excluding carboxylic acids is 7. The van der Waals surface area contributed by atoms with Crippen molar-refractivity contribution in [2.45, 2.75) is 85.4 Å². The molecule has 0 aliphatic rings. The quantitative estimate of drug-likeness (QED) is 0.0340. The summed E-state index contributed by atoms with van der Waals surface area (Å²) in [7, 11) is 0. The van der Waals surface area contributed by atoms with Gasteiger partial charge in [-0.1, -0.05) is 28.9 Å². The van der Waals surface area contributed by atoms with Gasteiger partial charge >= 0.3 is 17.9 Å². The third-order valence-electron chi connectivity index (χ3n) is 6.92. The minimum absolute atomic E-state index is 0. The van der Waals surface area contributed by atoms with E-state index in [4.69, 9.17) is 61.9 Å². The molecule has 26 heteroatoms. The first-order valence-corrected chi connectivity index (χ1v) is 26.1. The lowest BCUT2D eigenvalue weighted by molar-refractivity contribution is -0.161. The molecule has 0 radical (unpaired) electrons. The number of carbonyl (C=O) groups is 8. The highest BCUT2D eigenvalue weighted by molar-refractivity contribution is 14.2. The smallest absolute Gasteiger partial charge is 0.332 e. The number of ether oxygens (including phenoxy) is 12. The predicted octanol–water partition coefficient (Wildman–Crippen LogP) is 1.79. The van der Waals surface area contributed by atoms with Crippen molar-refractivity contribution in [2.24, 2.45) is 0 Å². The molecule has 0 spiro atoms. The predicted molar refractivity (Wildman–Crippen MR) is 259 cm³/mol. The Kier molecular flexibility index (Phi) is 52.6. The van der Waals surface area contributed by atoms with E-state index in [2.05, 4.69) is 39.6 Å². The first-order valence-electron chi connectivity index (χ1n) is 21.9. The number of esters is 2. The van der Waals surface area contributed by atoms with E-state index in [1.807, 2.05) is 0 Å². The van der Waals surface area contributed by atoms with Gasteiger partial charge < -0.3 is 72.6 Å². The number of aliphatic carboxylic acids is 1. The van der Waals surface area contributed by atoms with E-state index in [0.717, 1.165) is 0 Å². The van der Waals surface area contributed by atoms with Crippen molar-refractivity contribution in [3.63, 3.8) is 0 Å². The van der Waals surface area contributed by atoms with Gasteiger partial charge in [-0.15, -0.1) is 0 Å². The molecular formula is C43H79FIN2O21P. The molecule has 69 heavy (non-hydrogen) atoms. The maximum atomic E-state index is 11.7. The van der Waals surface area contributed by atoms with Gasteiger partial charge in [0.2, 0.25) is 11.8 Å². The number of nitrogens with one attached hydrogen (secondary N) is 2. The van der Waals surface area contributed by atoms with Crippen LogP contribution < -0.4 is 10.6 Å². The van der Waals surface area contributed by atoms with Crippen molar-refractivity contribution in [2.75, 3.05) is 145 Å². The van der Waals surface area contributed by atoms with Crippen LogP contribution in [0.2, 0.25) is 0 Å². The summed E-state index contributed by atoms with van der Waals surface area (Å²) in [5.74, 6) is -2.91. The maximum absolute atomic E-state index is 11.7. The van der Waals surface area contributed by atoms with Crippen molar-refractivity contribution in [3.05, 3.63) is 0 Å². The summed E-state index contributed by atoms with van der Waals surface area (Å²) in [6, 6.07) is 0. The first kappa shape index (κ1) is 72.6. The lowest BCUT2D eigenvalue weighted by atomic mass is 10.2. The molecule has 0 aromatic heterocycles. The Morgan fingerprint density at radius 3 is 1.09 bits per heavy atom. The largest absolute Gasteiger partial charge is 0.480 e. The van der Waals surface area contributed by atoms with Crippen molar-refractivity contribution in [1.82, 2.24) is 10.6 Å². The highest BCUT2D eigenvalue weighted by Crippen LogP contribution is 2.08. The zero-order chi connectivity index (χ0) is 51.9. The van der Waals surface area contributed by atoms with Crippen molar-refractivity contribution >= 4 is 76.0 Å². The number of carboxylic acids is 1. The van der Waals surface area contributed by atoms with E-state index in [-0.39, 0.29) is 139 Å². The molecule has 3 N–H and O–H groups in total. The zero-order valence-electron chi connectivity index (χ0n) is 41.4. The Morgan fingerprint density at radius 1 is 0.435 bits per heavy atom. The summed E-state index contributed by atoms with van der Waals surface area (Å²) in [5.41, 5.74) is -1.17. The summed E-state index contributed by atoms with van der Waals surface area (Å²) < 4.78 is 61.6. The van der Waals surface area contributed by atoms with Gasteiger partial charge in [0, 0.05) is 39.1 Å².